The Morgan fingerprint density at radius 2 is 1.95 bits per heavy atom. The van der Waals surface area contributed by atoms with Crippen LogP contribution in [0.1, 0.15) is 6.92 Å². The van der Waals surface area contributed by atoms with Crippen LogP contribution < -0.4 is 4.74 Å². The van der Waals surface area contributed by atoms with Crippen molar-refractivity contribution in [2.45, 2.75) is 37.6 Å². The van der Waals surface area contributed by atoms with Crippen molar-refractivity contribution in [1.29, 1.82) is 0 Å². The molecule has 1 fully saturated rings. The van der Waals surface area contributed by atoms with Gasteiger partial charge in [0.05, 0.1) is 22.0 Å². The highest BCUT2D eigenvalue weighted by molar-refractivity contribution is 9.10. The van der Waals surface area contributed by atoms with E-state index in [1.165, 1.54) is 0 Å². The Hall–Kier alpha value is -0.830. The number of hydrogen-bond acceptors (Lipinski definition) is 5. The summed E-state index contributed by atoms with van der Waals surface area (Å²) in [6.45, 7) is 1.59. The predicted molar refractivity (Wildman–Crippen MR) is 84.0 cm³/mol. The maximum absolute atomic E-state index is 10.0. The molecule has 0 saturated carbocycles. The molecule has 0 amide bonds. The number of benzene rings is 1. The normalized spacial score (nSPS) is 32.4. The van der Waals surface area contributed by atoms with Crippen LogP contribution in [0.25, 0.3) is 10.9 Å². The van der Waals surface area contributed by atoms with Crippen molar-refractivity contribution in [1.82, 2.24) is 4.98 Å². The summed E-state index contributed by atoms with van der Waals surface area (Å²) >= 11 is 9.61. The predicted octanol–water partition coefficient (Wildman–Crippen LogP) is 1.79. The van der Waals surface area contributed by atoms with Gasteiger partial charge in [-0.2, -0.15) is 0 Å². The summed E-state index contributed by atoms with van der Waals surface area (Å²) in [6.07, 6.45) is -4.07. The average molecular weight is 393 g/mol. The second-order valence-electron chi connectivity index (χ2n) is 5.24. The molecule has 5 atom stereocenters. The van der Waals surface area contributed by atoms with Gasteiger partial charge in [-0.1, -0.05) is 11.6 Å². The van der Waals surface area contributed by atoms with E-state index in [-0.39, 0.29) is 0 Å². The first-order chi connectivity index (χ1) is 10.4. The zero-order valence-corrected chi connectivity index (χ0v) is 13.9. The minimum Gasteiger partial charge on any atom is -0.460 e. The Kier molecular flexibility index (Phi) is 4.37. The first kappa shape index (κ1) is 16.0. The molecule has 1 aromatic heterocycles. The topological polar surface area (TPSA) is 94.9 Å². The fourth-order valence-corrected chi connectivity index (χ4v) is 3.04. The lowest BCUT2D eigenvalue weighted by Gasteiger charge is -2.38. The van der Waals surface area contributed by atoms with Gasteiger partial charge >= 0.3 is 0 Å². The van der Waals surface area contributed by atoms with Crippen LogP contribution in [0.4, 0.5) is 0 Å². The van der Waals surface area contributed by atoms with E-state index in [9.17, 15) is 15.3 Å². The fourth-order valence-electron chi connectivity index (χ4n) is 2.46. The van der Waals surface area contributed by atoms with Gasteiger partial charge in [0.2, 0.25) is 6.29 Å². The van der Waals surface area contributed by atoms with Crippen molar-refractivity contribution >= 4 is 38.4 Å². The van der Waals surface area contributed by atoms with Crippen LogP contribution in [0, 0.1) is 0 Å². The van der Waals surface area contributed by atoms with E-state index in [0.29, 0.717) is 20.6 Å². The van der Waals surface area contributed by atoms with Gasteiger partial charge in [-0.05, 0) is 35.0 Å². The number of aromatic amines is 1. The minimum atomic E-state index is -1.37. The summed E-state index contributed by atoms with van der Waals surface area (Å²) in [5.41, 5.74) is 0.766. The fraction of sp³-hybridized carbons (Fsp3) is 0.429. The molecule has 2 heterocycles. The second-order valence-corrected chi connectivity index (χ2v) is 6.47. The first-order valence-electron chi connectivity index (χ1n) is 6.71. The third-order valence-electron chi connectivity index (χ3n) is 3.75. The van der Waals surface area contributed by atoms with Crippen LogP contribution in [-0.4, -0.2) is 51.0 Å². The van der Waals surface area contributed by atoms with E-state index in [2.05, 4.69) is 20.9 Å². The quantitative estimate of drug-likeness (QED) is 0.625. The largest absolute Gasteiger partial charge is 0.460 e. The summed E-state index contributed by atoms with van der Waals surface area (Å²) in [7, 11) is 0. The standard InChI is InChI=1S/C14H15BrClNO5/c1-5-11(18)12(19)13(20)14(21-5)22-8-4-17-7-3-2-6(15)10(16)9(7)8/h2-5,11-14,17-20H,1H3/t5?,11-,12+,13?,14+/m1/s1. The Labute approximate surface area is 139 Å². The van der Waals surface area contributed by atoms with Crippen molar-refractivity contribution in [3.05, 3.63) is 27.8 Å². The molecule has 22 heavy (non-hydrogen) atoms. The zero-order chi connectivity index (χ0) is 16.0. The number of aliphatic hydroxyl groups excluding tert-OH is 3. The van der Waals surface area contributed by atoms with E-state index < -0.39 is 30.7 Å². The monoisotopic (exact) mass is 391 g/mol. The smallest absolute Gasteiger partial charge is 0.229 e. The molecule has 1 aliphatic heterocycles. The van der Waals surface area contributed by atoms with Gasteiger partial charge in [-0.25, -0.2) is 0 Å². The lowest BCUT2D eigenvalue weighted by atomic mass is 10.00. The summed E-state index contributed by atoms with van der Waals surface area (Å²) in [6, 6.07) is 3.64. The first-order valence-corrected chi connectivity index (χ1v) is 7.88. The zero-order valence-electron chi connectivity index (χ0n) is 11.5. The molecule has 0 radical (unpaired) electrons. The second kappa shape index (κ2) is 5.99. The molecular formula is C14H15BrClNO5. The van der Waals surface area contributed by atoms with Crippen molar-refractivity contribution in [3.8, 4) is 5.75 Å². The van der Waals surface area contributed by atoms with Crippen molar-refractivity contribution < 1.29 is 24.8 Å². The molecule has 0 spiro atoms. The number of H-pyrrole nitrogens is 1. The Balaban J connectivity index is 1.92. The number of halogens is 2. The molecule has 2 aromatic rings. The number of nitrogens with one attached hydrogen (secondary N) is 1. The van der Waals surface area contributed by atoms with Crippen molar-refractivity contribution in [3.63, 3.8) is 0 Å². The van der Waals surface area contributed by atoms with Crippen molar-refractivity contribution in [2.75, 3.05) is 0 Å². The molecule has 120 valence electrons. The Morgan fingerprint density at radius 1 is 1.23 bits per heavy atom. The van der Waals surface area contributed by atoms with Crippen LogP contribution in [0.5, 0.6) is 5.75 Å². The SMILES string of the molecule is CC1O[C@@H](Oc2c[nH]c3ccc(Br)c(Cl)c23)C(O)[C@@H](O)[C@@H]1O. The number of aromatic nitrogens is 1. The Bertz CT molecular complexity index is 693. The van der Waals surface area contributed by atoms with E-state index in [1.807, 2.05) is 6.07 Å². The maximum atomic E-state index is 10.0. The highest BCUT2D eigenvalue weighted by Gasteiger charge is 2.43. The number of ether oxygens (including phenoxy) is 2. The van der Waals surface area contributed by atoms with E-state index in [0.717, 1.165) is 5.52 Å². The van der Waals surface area contributed by atoms with Crippen LogP contribution in [0.2, 0.25) is 5.02 Å². The van der Waals surface area contributed by atoms with Gasteiger partial charge in [0.25, 0.3) is 0 Å². The number of aliphatic hydroxyl groups is 3. The molecule has 1 saturated heterocycles. The molecule has 1 aromatic carbocycles. The van der Waals surface area contributed by atoms with Gasteiger partial charge in [0, 0.05) is 10.7 Å². The van der Waals surface area contributed by atoms with Crippen LogP contribution >= 0.6 is 27.5 Å². The third-order valence-corrected chi connectivity index (χ3v) is 5.03. The molecule has 1 aliphatic rings. The summed E-state index contributed by atoms with van der Waals surface area (Å²) < 4.78 is 11.8. The van der Waals surface area contributed by atoms with Gasteiger partial charge in [0.1, 0.15) is 24.1 Å². The molecule has 3 rings (SSSR count). The molecule has 8 heteroatoms. The number of hydrogen-bond donors (Lipinski definition) is 4. The van der Waals surface area contributed by atoms with Gasteiger partial charge in [-0.15, -0.1) is 0 Å². The minimum absolute atomic E-state index is 0.390. The van der Waals surface area contributed by atoms with Gasteiger partial charge in [0.15, 0.2) is 0 Å². The van der Waals surface area contributed by atoms with E-state index in [1.54, 1.807) is 19.2 Å². The lowest BCUT2D eigenvalue weighted by molar-refractivity contribution is -0.267. The number of fused-ring (bicyclic) bond motifs is 1. The molecule has 0 bridgehead atoms. The van der Waals surface area contributed by atoms with Gasteiger partial charge < -0.3 is 29.8 Å². The molecule has 2 unspecified atom stereocenters. The molecular weight excluding hydrogens is 378 g/mol. The Morgan fingerprint density at radius 3 is 2.68 bits per heavy atom. The van der Waals surface area contributed by atoms with Crippen molar-refractivity contribution in [2.24, 2.45) is 0 Å². The maximum Gasteiger partial charge on any atom is 0.229 e. The summed E-state index contributed by atoms with van der Waals surface area (Å²) in [5, 5.41) is 30.6. The molecule has 4 N–H and O–H groups in total. The number of rotatable bonds is 2. The molecule has 0 aliphatic carbocycles. The highest BCUT2D eigenvalue weighted by atomic mass is 79.9. The van der Waals surface area contributed by atoms with Crippen LogP contribution in [0.15, 0.2) is 22.8 Å². The van der Waals surface area contributed by atoms with Crippen LogP contribution in [0.3, 0.4) is 0 Å². The summed E-state index contributed by atoms with van der Waals surface area (Å²) in [4.78, 5) is 3.01. The van der Waals surface area contributed by atoms with Crippen LogP contribution in [-0.2, 0) is 4.74 Å². The highest BCUT2D eigenvalue weighted by Crippen LogP contribution is 2.38. The van der Waals surface area contributed by atoms with E-state index in [4.69, 9.17) is 21.1 Å². The van der Waals surface area contributed by atoms with E-state index >= 15 is 0 Å². The average Bonchev–Trinajstić information content (AvgIpc) is 2.90. The molecule has 6 nitrogen and oxygen atoms in total. The third kappa shape index (κ3) is 2.62. The lowest BCUT2D eigenvalue weighted by Crippen LogP contribution is -2.58. The summed E-state index contributed by atoms with van der Waals surface area (Å²) in [5.74, 6) is 0.390. The van der Waals surface area contributed by atoms with Gasteiger partial charge in [-0.3, -0.25) is 0 Å².